The van der Waals surface area contributed by atoms with Gasteiger partial charge >= 0.3 is 0 Å². The summed E-state index contributed by atoms with van der Waals surface area (Å²) < 4.78 is 5.19. The molecule has 0 aliphatic heterocycles. The number of methoxy groups -OCH3 is 1. The predicted octanol–water partition coefficient (Wildman–Crippen LogP) is 1.03. The fraction of sp³-hybridized carbons (Fsp3) is 0.417. The number of nitrogens with two attached hydrogens (primary N) is 1. The van der Waals surface area contributed by atoms with Crippen LogP contribution >= 0.6 is 0 Å². The highest BCUT2D eigenvalue weighted by Crippen LogP contribution is 2.25. The van der Waals surface area contributed by atoms with Gasteiger partial charge in [0.1, 0.15) is 12.4 Å². The quantitative estimate of drug-likeness (QED) is 0.577. The number of hydrogen-bond acceptors (Lipinski definition) is 4. The third kappa shape index (κ3) is 2.29. The summed E-state index contributed by atoms with van der Waals surface area (Å²) >= 11 is 0. The van der Waals surface area contributed by atoms with E-state index in [9.17, 15) is 9.90 Å². The number of rotatable bonds is 5. The molecule has 0 bridgehead atoms. The number of aliphatic hydroxyl groups excluding tert-OH is 1. The van der Waals surface area contributed by atoms with Gasteiger partial charge < -0.3 is 9.84 Å². The van der Waals surface area contributed by atoms with Crippen LogP contribution < -0.4 is 5.73 Å². The van der Waals surface area contributed by atoms with E-state index in [-0.39, 0.29) is 0 Å². The highest BCUT2D eigenvalue weighted by Gasteiger charge is 2.34. The summed E-state index contributed by atoms with van der Waals surface area (Å²) in [6.45, 7) is 1.82. The van der Waals surface area contributed by atoms with Gasteiger partial charge in [-0.2, -0.15) is 0 Å². The summed E-state index contributed by atoms with van der Waals surface area (Å²) in [5.74, 6) is 0. The zero-order chi connectivity index (χ0) is 12.2. The zero-order valence-electron chi connectivity index (χ0n) is 9.51. The second-order valence-corrected chi connectivity index (χ2v) is 3.66. The van der Waals surface area contributed by atoms with Crippen LogP contribution in [0.15, 0.2) is 24.3 Å². The van der Waals surface area contributed by atoms with Crippen LogP contribution in [0, 0.1) is 0 Å². The molecule has 3 N–H and O–H groups in total. The van der Waals surface area contributed by atoms with Crippen LogP contribution in [0.3, 0.4) is 0 Å². The average molecular weight is 223 g/mol. The van der Waals surface area contributed by atoms with Crippen molar-refractivity contribution in [2.45, 2.75) is 25.2 Å². The number of ether oxygens (including phenoxy) is 1. The topological polar surface area (TPSA) is 72.6 Å². The number of aliphatic hydroxyl groups is 1. The molecule has 0 fully saturated rings. The minimum Gasteiger partial charge on any atom is -0.388 e. The third-order valence-corrected chi connectivity index (χ3v) is 2.72. The molecule has 4 heteroatoms. The maximum absolute atomic E-state index is 10.5. The van der Waals surface area contributed by atoms with Crippen LogP contribution in [0.1, 0.15) is 29.3 Å². The second kappa shape index (κ2) is 5.21. The first-order chi connectivity index (χ1) is 7.58. The van der Waals surface area contributed by atoms with Gasteiger partial charge in [0.25, 0.3) is 0 Å². The van der Waals surface area contributed by atoms with Crippen molar-refractivity contribution in [3.63, 3.8) is 0 Å². The molecule has 88 valence electrons. The molecule has 4 nitrogen and oxygen atoms in total. The van der Waals surface area contributed by atoms with Crippen molar-refractivity contribution in [2.24, 2.45) is 5.73 Å². The Balaban J connectivity index is 3.07. The molecule has 0 saturated heterocycles. The van der Waals surface area contributed by atoms with Crippen molar-refractivity contribution in [3.05, 3.63) is 35.4 Å². The monoisotopic (exact) mass is 223 g/mol. The molecule has 1 aromatic carbocycles. The van der Waals surface area contributed by atoms with Gasteiger partial charge in [0.05, 0.1) is 0 Å². The fourth-order valence-corrected chi connectivity index (χ4v) is 1.57. The maximum Gasteiger partial charge on any atom is 0.168 e. The van der Waals surface area contributed by atoms with Gasteiger partial charge in [-0.3, -0.25) is 10.5 Å². The van der Waals surface area contributed by atoms with Gasteiger partial charge in [0, 0.05) is 18.2 Å². The Labute approximate surface area is 95.0 Å². The van der Waals surface area contributed by atoms with Crippen molar-refractivity contribution in [1.82, 2.24) is 0 Å². The van der Waals surface area contributed by atoms with E-state index in [0.717, 1.165) is 6.29 Å². The van der Waals surface area contributed by atoms with Gasteiger partial charge in [0.2, 0.25) is 0 Å². The molecule has 0 heterocycles. The van der Waals surface area contributed by atoms with Crippen LogP contribution in [0.2, 0.25) is 0 Å². The molecule has 1 rings (SSSR count). The maximum atomic E-state index is 10.5. The Bertz CT molecular complexity index is 350. The minimum atomic E-state index is -1.23. The Morgan fingerprint density at radius 1 is 1.50 bits per heavy atom. The van der Waals surface area contributed by atoms with Crippen LogP contribution in [-0.2, 0) is 10.5 Å². The zero-order valence-corrected chi connectivity index (χ0v) is 9.51. The van der Waals surface area contributed by atoms with E-state index in [1.807, 2.05) is 6.92 Å². The lowest BCUT2D eigenvalue weighted by atomic mass is 9.95. The molecule has 0 aromatic heterocycles. The number of benzene rings is 1. The lowest BCUT2D eigenvalue weighted by Gasteiger charge is -2.32. The Morgan fingerprint density at radius 3 is 2.44 bits per heavy atom. The Hall–Kier alpha value is -1.23. The molecule has 2 atom stereocenters. The predicted molar refractivity (Wildman–Crippen MR) is 61.0 cm³/mol. The van der Waals surface area contributed by atoms with Crippen molar-refractivity contribution >= 4 is 6.29 Å². The van der Waals surface area contributed by atoms with Crippen LogP contribution in [0.25, 0.3) is 0 Å². The average Bonchev–Trinajstić information content (AvgIpc) is 2.36. The number of carbonyl (C=O) groups is 1. The molecule has 1 aromatic rings. The summed E-state index contributed by atoms with van der Waals surface area (Å²) in [4.78, 5) is 10.5. The van der Waals surface area contributed by atoms with Gasteiger partial charge in [-0.25, -0.2) is 0 Å². The highest BCUT2D eigenvalue weighted by atomic mass is 16.5. The lowest BCUT2D eigenvalue weighted by Crippen LogP contribution is -2.49. The summed E-state index contributed by atoms with van der Waals surface area (Å²) in [7, 11) is 1.45. The Kier molecular flexibility index (Phi) is 4.18. The lowest BCUT2D eigenvalue weighted by molar-refractivity contribution is -0.106. The smallest absolute Gasteiger partial charge is 0.168 e. The fourth-order valence-electron chi connectivity index (χ4n) is 1.57. The molecule has 0 amide bonds. The standard InChI is InChI=1S/C12H17NO3/c1-3-11(15)12(13,16-2)10-6-4-9(8-14)5-7-10/h4-8,11,15H,3,13H2,1-2H3/t11-,12-/m1/s1. The molecule has 0 spiro atoms. The van der Waals surface area contributed by atoms with Gasteiger partial charge in [-0.05, 0) is 6.42 Å². The first kappa shape index (κ1) is 12.8. The van der Waals surface area contributed by atoms with Crippen LogP contribution in [0.4, 0.5) is 0 Å². The Morgan fingerprint density at radius 2 is 2.06 bits per heavy atom. The van der Waals surface area contributed by atoms with E-state index >= 15 is 0 Å². The van der Waals surface area contributed by atoms with Crippen LogP contribution in [-0.4, -0.2) is 24.6 Å². The van der Waals surface area contributed by atoms with Crippen molar-refractivity contribution < 1.29 is 14.6 Å². The van der Waals surface area contributed by atoms with Gasteiger partial charge in [-0.15, -0.1) is 0 Å². The SMILES string of the molecule is CC[C@@H](O)[C@](N)(OC)c1ccc(C=O)cc1. The van der Waals surface area contributed by atoms with E-state index < -0.39 is 11.8 Å². The minimum absolute atomic E-state index is 0.486. The molecular weight excluding hydrogens is 206 g/mol. The van der Waals surface area contributed by atoms with Gasteiger partial charge in [-0.1, -0.05) is 31.2 Å². The number of hydrogen-bond donors (Lipinski definition) is 2. The highest BCUT2D eigenvalue weighted by molar-refractivity contribution is 5.74. The molecule has 0 radical (unpaired) electrons. The normalized spacial score (nSPS) is 16.5. The number of carbonyl (C=O) groups excluding carboxylic acids is 1. The molecule has 0 unspecified atom stereocenters. The van der Waals surface area contributed by atoms with Crippen molar-refractivity contribution in [3.8, 4) is 0 Å². The first-order valence-corrected chi connectivity index (χ1v) is 5.16. The van der Waals surface area contributed by atoms with Gasteiger partial charge in [0.15, 0.2) is 5.72 Å². The van der Waals surface area contributed by atoms with Crippen LogP contribution in [0.5, 0.6) is 0 Å². The summed E-state index contributed by atoms with van der Waals surface area (Å²) in [5.41, 5.74) is 5.99. The second-order valence-electron chi connectivity index (χ2n) is 3.66. The van der Waals surface area contributed by atoms with E-state index in [4.69, 9.17) is 10.5 Å². The van der Waals surface area contributed by atoms with E-state index in [2.05, 4.69) is 0 Å². The third-order valence-electron chi connectivity index (χ3n) is 2.72. The molecule has 0 saturated carbocycles. The van der Waals surface area contributed by atoms with E-state index in [1.165, 1.54) is 7.11 Å². The van der Waals surface area contributed by atoms with E-state index in [1.54, 1.807) is 24.3 Å². The van der Waals surface area contributed by atoms with E-state index in [0.29, 0.717) is 17.5 Å². The molecule has 16 heavy (non-hydrogen) atoms. The van der Waals surface area contributed by atoms with Crippen molar-refractivity contribution in [1.29, 1.82) is 0 Å². The largest absolute Gasteiger partial charge is 0.388 e. The summed E-state index contributed by atoms with van der Waals surface area (Å²) in [6, 6.07) is 6.66. The summed E-state index contributed by atoms with van der Waals surface area (Å²) in [5, 5.41) is 9.84. The van der Waals surface area contributed by atoms with Crippen molar-refractivity contribution in [2.75, 3.05) is 7.11 Å². The summed E-state index contributed by atoms with van der Waals surface area (Å²) in [6.07, 6.45) is 0.449. The number of aldehydes is 1. The molecule has 0 aliphatic carbocycles. The molecular formula is C12H17NO3. The first-order valence-electron chi connectivity index (χ1n) is 5.16. The molecule has 0 aliphatic rings.